The molecule has 0 amide bonds. The lowest BCUT2D eigenvalue weighted by atomic mass is 10.5. The number of rotatable bonds is 0. The molecule has 0 aliphatic heterocycles. The maximum atomic E-state index is 5.11. The van der Waals surface area contributed by atoms with Gasteiger partial charge in [0.1, 0.15) is 0 Å². The standard InChI is InChI=1S/C3H9N.C2H7N/c1-3(2)4;1-2-3/h3H,4H2,1-2H3;2-3H2,1H3. The SMILES string of the molecule is CC(C)N.CCN. The van der Waals surface area contributed by atoms with Crippen LogP contribution in [0, 0.1) is 0 Å². The fourth-order valence-electron chi connectivity index (χ4n) is 0. The van der Waals surface area contributed by atoms with Crippen LogP contribution in [0.3, 0.4) is 0 Å². The lowest BCUT2D eigenvalue weighted by Gasteiger charge is -1.81. The number of hydrogen-bond donors (Lipinski definition) is 2. The van der Waals surface area contributed by atoms with E-state index in [9.17, 15) is 0 Å². The maximum Gasteiger partial charge on any atom is -0.00179 e. The molecule has 0 aromatic carbocycles. The summed E-state index contributed by atoms with van der Waals surface area (Å²) >= 11 is 0. The van der Waals surface area contributed by atoms with E-state index in [2.05, 4.69) is 0 Å². The normalized spacial score (nSPS) is 7.71. The van der Waals surface area contributed by atoms with Crippen LogP contribution in [0.4, 0.5) is 0 Å². The molecule has 0 saturated heterocycles. The second-order valence-corrected chi connectivity index (χ2v) is 1.65. The lowest BCUT2D eigenvalue weighted by Crippen LogP contribution is -2.06. The first-order valence-electron chi connectivity index (χ1n) is 2.60. The molecule has 0 aromatic heterocycles. The fourth-order valence-corrected chi connectivity index (χ4v) is 0. The Morgan fingerprint density at radius 2 is 1.43 bits per heavy atom. The fraction of sp³-hybridized carbons (Fsp3) is 1.00. The minimum Gasteiger partial charge on any atom is -0.331 e. The molecule has 7 heavy (non-hydrogen) atoms. The van der Waals surface area contributed by atoms with Crippen molar-refractivity contribution in [3.8, 4) is 0 Å². The van der Waals surface area contributed by atoms with Crippen LogP contribution in [0.1, 0.15) is 20.8 Å². The minimum absolute atomic E-state index is 0.333. The molecule has 0 saturated carbocycles. The van der Waals surface area contributed by atoms with Crippen molar-refractivity contribution in [1.82, 2.24) is 0 Å². The summed E-state index contributed by atoms with van der Waals surface area (Å²) in [7, 11) is 0. The lowest BCUT2D eigenvalue weighted by molar-refractivity contribution is 0.834. The summed E-state index contributed by atoms with van der Waals surface area (Å²) in [6.07, 6.45) is 0. The van der Waals surface area contributed by atoms with Crippen LogP contribution in [-0.2, 0) is 0 Å². The van der Waals surface area contributed by atoms with E-state index in [-0.39, 0.29) is 0 Å². The average Bonchev–Trinajstić information content (AvgIpc) is 1.33. The first kappa shape index (κ1) is 10.0. The largest absolute Gasteiger partial charge is 0.331 e. The Morgan fingerprint density at radius 1 is 1.43 bits per heavy atom. The molecule has 0 aliphatic rings. The molecule has 0 radical (unpaired) electrons. The summed E-state index contributed by atoms with van der Waals surface area (Å²) in [4.78, 5) is 0. The average molecular weight is 104 g/mol. The molecule has 46 valence electrons. The van der Waals surface area contributed by atoms with E-state index in [0.29, 0.717) is 6.04 Å². The topological polar surface area (TPSA) is 52.0 Å². The third-order valence-corrected chi connectivity index (χ3v) is 0. The Labute approximate surface area is 45.9 Å². The summed E-state index contributed by atoms with van der Waals surface area (Å²) in [5.74, 6) is 0. The van der Waals surface area contributed by atoms with Crippen LogP contribution in [0.2, 0.25) is 0 Å². The van der Waals surface area contributed by atoms with Gasteiger partial charge >= 0.3 is 0 Å². The van der Waals surface area contributed by atoms with Gasteiger partial charge in [0.15, 0.2) is 0 Å². The molecule has 0 unspecified atom stereocenters. The predicted octanol–water partition coefficient (Wildman–Crippen LogP) is 0.318. The van der Waals surface area contributed by atoms with Gasteiger partial charge < -0.3 is 11.5 Å². The van der Waals surface area contributed by atoms with Crippen molar-refractivity contribution in [1.29, 1.82) is 0 Å². The Kier molecular flexibility index (Phi) is 13.3. The summed E-state index contributed by atoms with van der Waals surface area (Å²) in [6, 6.07) is 0.333. The molecule has 0 spiro atoms. The highest BCUT2D eigenvalue weighted by Gasteiger charge is 1.67. The molecule has 4 N–H and O–H groups in total. The van der Waals surface area contributed by atoms with Gasteiger partial charge in [-0.2, -0.15) is 0 Å². The van der Waals surface area contributed by atoms with Gasteiger partial charge in [-0.3, -0.25) is 0 Å². The van der Waals surface area contributed by atoms with E-state index >= 15 is 0 Å². The van der Waals surface area contributed by atoms with E-state index in [4.69, 9.17) is 11.5 Å². The Balaban J connectivity index is 0. The van der Waals surface area contributed by atoms with E-state index in [1.165, 1.54) is 0 Å². The molecular weight excluding hydrogens is 88.1 g/mol. The van der Waals surface area contributed by atoms with E-state index < -0.39 is 0 Å². The molecule has 0 aromatic rings. The highest BCUT2D eigenvalue weighted by Crippen LogP contribution is 1.58. The van der Waals surface area contributed by atoms with Gasteiger partial charge in [0.2, 0.25) is 0 Å². The summed E-state index contributed by atoms with van der Waals surface area (Å²) in [5, 5.41) is 0. The van der Waals surface area contributed by atoms with Gasteiger partial charge in [-0.05, 0) is 12.6 Å². The van der Waals surface area contributed by atoms with Crippen LogP contribution in [0.5, 0.6) is 0 Å². The Hall–Kier alpha value is -0.0800. The monoisotopic (exact) mass is 104 g/mol. The van der Waals surface area contributed by atoms with Gasteiger partial charge in [0.25, 0.3) is 0 Å². The van der Waals surface area contributed by atoms with Crippen LogP contribution < -0.4 is 11.5 Å². The van der Waals surface area contributed by atoms with Crippen molar-refractivity contribution in [2.45, 2.75) is 26.8 Å². The van der Waals surface area contributed by atoms with Gasteiger partial charge in [-0.15, -0.1) is 0 Å². The zero-order valence-electron chi connectivity index (χ0n) is 5.44. The predicted molar refractivity (Wildman–Crippen MR) is 34.1 cm³/mol. The van der Waals surface area contributed by atoms with Crippen molar-refractivity contribution in [3.63, 3.8) is 0 Å². The number of nitrogens with two attached hydrogens (primary N) is 2. The first-order chi connectivity index (χ1) is 3.15. The van der Waals surface area contributed by atoms with Crippen molar-refractivity contribution in [2.75, 3.05) is 6.54 Å². The van der Waals surface area contributed by atoms with E-state index in [0.717, 1.165) is 6.54 Å². The van der Waals surface area contributed by atoms with Gasteiger partial charge in [-0.1, -0.05) is 20.8 Å². The number of hydrogen-bond acceptors (Lipinski definition) is 2. The minimum atomic E-state index is 0.333. The molecule has 2 nitrogen and oxygen atoms in total. The van der Waals surface area contributed by atoms with Crippen LogP contribution >= 0.6 is 0 Å². The molecule has 0 fully saturated rings. The van der Waals surface area contributed by atoms with Crippen LogP contribution in [0.15, 0.2) is 0 Å². The van der Waals surface area contributed by atoms with Gasteiger partial charge in [-0.25, -0.2) is 0 Å². The smallest absolute Gasteiger partial charge is 0.00179 e. The van der Waals surface area contributed by atoms with Crippen molar-refractivity contribution in [3.05, 3.63) is 0 Å². The second-order valence-electron chi connectivity index (χ2n) is 1.65. The summed E-state index contributed by atoms with van der Waals surface area (Å²) in [5.41, 5.74) is 9.96. The van der Waals surface area contributed by atoms with Crippen molar-refractivity contribution in [2.24, 2.45) is 11.5 Å². The molecule has 0 atom stereocenters. The van der Waals surface area contributed by atoms with E-state index in [1.54, 1.807) is 0 Å². The summed E-state index contributed by atoms with van der Waals surface area (Å²) < 4.78 is 0. The molecule has 0 aliphatic carbocycles. The van der Waals surface area contributed by atoms with Crippen LogP contribution in [-0.4, -0.2) is 12.6 Å². The zero-order valence-corrected chi connectivity index (χ0v) is 5.44. The Morgan fingerprint density at radius 3 is 1.43 bits per heavy atom. The van der Waals surface area contributed by atoms with Crippen molar-refractivity contribution < 1.29 is 0 Å². The van der Waals surface area contributed by atoms with E-state index in [1.807, 2.05) is 20.8 Å². The highest BCUT2D eigenvalue weighted by molar-refractivity contribution is 4.32. The maximum absolute atomic E-state index is 5.11. The van der Waals surface area contributed by atoms with Gasteiger partial charge in [0, 0.05) is 0 Å². The third-order valence-electron chi connectivity index (χ3n) is 0. The molecule has 0 rings (SSSR count). The molecular formula is C5H16N2. The molecule has 2 heteroatoms. The second kappa shape index (κ2) is 9.33. The Bertz CT molecular complexity index is 17.3. The van der Waals surface area contributed by atoms with Crippen LogP contribution in [0.25, 0.3) is 0 Å². The van der Waals surface area contributed by atoms with Gasteiger partial charge in [0.05, 0.1) is 0 Å². The van der Waals surface area contributed by atoms with Crippen molar-refractivity contribution >= 4 is 0 Å². The molecule has 0 bridgehead atoms. The first-order valence-corrected chi connectivity index (χ1v) is 2.60. The third kappa shape index (κ3) is 14200. The highest BCUT2D eigenvalue weighted by atomic mass is 14.6. The quantitative estimate of drug-likeness (QED) is 0.465. The summed E-state index contributed by atoms with van der Waals surface area (Å²) in [6.45, 7) is 6.54. The zero-order chi connectivity index (χ0) is 6.28. The molecule has 0 heterocycles.